The Kier molecular flexibility index (Phi) is 3.17. The minimum Gasteiger partial charge on any atom is -0.462 e. The molecule has 0 amide bonds. The average Bonchev–Trinajstić information content (AvgIpc) is 2.44. The highest BCUT2D eigenvalue weighted by Crippen LogP contribution is 2.46. The Labute approximate surface area is 115 Å². The summed E-state index contributed by atoms with van der Waals surface area (Å²) in [6, 6.07) is 13.2. The van der Waals surface area contributed by atoms with Crippen LogP contribution in [0.3, 0.4) is 0 Å². The Morgan fingerprint density at radius 1 is 1.16 bits per heavy atom. The van der Waals surface area contributed by atoms with Crippen molar-refractivity contribution in [1.82, 2.24) is 0 Å². The molecular weight excluding hydrogens is 260 g/mol. The lowest BCUT2D eigenvalue weighted by Crippen LogP contribution is -2.05. The third-order valence-electron chi connectivity index (χ3n) is 2.74. The molecular formula is C15H12O3S. The van der Waals surface area contributed by atoms with E-state index in [2.05, 4.69) is 0 Å². The van der Waals surface area contributed by atoms with Crippen molar-refractivity contribution in [3.8, 4) is 11.5 Å². The van der Waals surface area contributed by atoms with E-state index in [1.807, 2.05) is 30.3 Å². The number of fused-ring (bicyclic) bond motifs is 2. The molecule has 0 radical (unpaired) electrons. The molecule has 0 saturated heterocycles. The summed E-state index contributed by atoms with van der Waals surface area (Å²) in [7, 11) is 0. The van der Waals surface area contributed by atoms with E-state index >= 15 is 0 Å². The lowest BCUT2D eigenvalue weighted by atomic mass is 10.2. The van der Waals surface area contributed by atoms with Gasteiger partial charge in [0.05, 0.1) is 22.0 Å². The number of hydrogen-bond donors (Lipinski definition) is 0. The Morgan fingerprint density at radius 2 is 1.95 bits per heavy atom. The van der Waals surface area contributed by atoms with E-state index in [0.29, 0.717) is 17.9 Å². The van der Waals surface area contributed by atoms with Gasteiger partial charge >= 0.3 is 5.97 Å². The normalized spacial score (nSPS) is 12.1. The second-order valence-corrected chi connectivity index (χ2v) is 5.12. The van der Waals surface area contributed by atoms with Crippen LogP contribution in [0, 0.1) is 0 Å². The highest BCUT2D eigenvalue weighted by molar-refractivity contribution is 7.99. The SMILES string of the molecule is CCOC(=O)c1ccc2c(c1)Oc1ccccc1S2. The summed E-state index contributed by atoms with van der Waals surface area (Å²) in [5, 5.41) is 0. The van der Waals surface area contributed by atoms with Crippen LogP contribution in [0.2, 0.25) is 0 Å². The number of ether oxygens (including phenoxy) is 2. The number of carbonyl (C=O) groups excluding carboxylic acids is 1. The van der Waals surface area contributed by atoms with Gasteiger partial charge in [0.2, 0.25) is 0 Å². The second kappa shape index (κ2) is 4.97. The Balaban J connectivity index is 1.94. The largest absolute Gasteiger partial charge is 0.462 e. The van der Waals surface area contributed by atoms with E-state index in [9.17, 15) is 4.79 Å². The maximum Gasteiger partial charge on any atom is 0.338 e. The zero-order chi connectivity index (χ0) is 13.2. The van der Waals surface area contributed by atoms with Crippen molar-refractivity contribution in [3.05, 3.63) is 48.0 Å². The quantitative estimate of drug-likeness (QED) is 0.657. The molecule has 4 heteroatoms. The van der Waals surface area contributed by atoms with Gasteiger partial charge in [-0.2, -0.15) is 0 Å². The first kappa shape index (κ1) is 12.1. The molecule has 0 fully saturated rings. The van der Waals surface area contributed by atoms with Crippen molar-refractivity contribution in [3.63, 3.8) is 0 Å². The molecule has 0 aromatic heterocycles. The molecule has 2 aromatic carbocycles. The number of benzene rings is 2. The van der Waals surface area contributed by atoms with Crippen LogP contribution in [0.1, 0.15) is 17.3 Å². The smallest absolute Gasteiger partial charge is 0.338 e. The van der Waals surface area contributed by atoms with Gasteiger partial charge in [0.15, 0.2) is 0 Å². The number of carbonyl (C=O) groups is 1. The summed E-state index contributed by atoms with van der Waals surface area (Å²) in [4.78, 5) is 13.8. The number of para-hydroxylation sites is 1. The van der Waals surface area contributed by atoms with Gasteiger partial charge in [-0.3, -0.25) is 0 Å². The molecule has 2 aromatic rings. The first-order valence-corrected chi connectivity index (χ1v) is 6.85. The summed E-state index contributed by atoms with van der Waals surface area (Å²) in [5.74, 6) is 1.20. The molecule has 96 valence electrons. The molecule has 0 atom stereocenters. The van der Waals surface area contributed by atoms with Crippen LogP contribution in [0.5, 0.6) is 11.5 Å². The Hall–Kier alpha value is -1.94. The zero-order valence-electron chi connectivity index (χ0n) is 10.4. The Morgan fingerprint density at radius 3 is 2.79 bits per heavy atom. The van der Waals surface area contributed by atoms with E-state index in [1.165, 1.54) is 0 Å². The first-order chi connectivity index (χ1) is 9.28. The van der Waals surface area contributed by atoms with Gasteiger partial charge in [-0.05, 0) is 37.3 Å². The predicted octanol–water partition coefficient (Wildman–Crippen LogP) is 4.12. The van der Waals surface area contributed by atoms with Crippen LogP contribution < -0.4 is 4.74 Å². The topological polar surface area (TPSA) is 35.5 Å². The van der Waals surface area contributed by atoms with Gasteiger partial charge in [-0.15, -0.1) is 0 Å². The van der Waals surface area contributed by atoms with Crippen molar-refractivity contribution >= 4 is 17.7 Å². The van der Waals surface area contributed by atoms with E-state index in [0.717, 1.165) is 15.5 Å². The summed E-state index contributed by atoms with van der Waals surface area (Å²) in [6.45, 7) is 2.16. The molecule has 3 nitrogen and oxygen atoms in total. The van der Waals surface area contributed by atoms with E-state index in [1.54, 1.807) is 30.8 Å². The van der Waals surface area contributed by atoms with Crippen LogP contribution in [0.4, 0.5) is 0 Å². The molecule has 0 unspecified atom stereocenters. The summed E-state index contributed by atoms with van der Waals surface area (Å²) >= 11 is 1.64. The molecule has 3 rings (SSSR count). The monoisotopic (exact) mass is 272 g/mol. The summed E-state index contributed by atoms with van der Waals surface area (Å²) < 4.78 is 10.8. The fourth-order valence-corrected chi connectivity index (χ4v) is 2.80. The molecule has 0 bridgehead atoms. The van der Waals surface area contributed by atoms with E-state index < -0.39 is 0 Å². The second-order valence-electron chi connectivity index (χ2n) is 4.03. The lowest BCUT2D eigenvalue weighted by Gasteiger charge is -2.19. The highest BCUT2D eigenvalue weighted by Gasteiger charge is 2.19. The maximum absolute atomic E-state index is 11.7. The van der Waals surface area contributed by atoms with Gasteiger partial charge < -0.3 is 9.47 Å². The van der Waals surface area contributed by atoms with E-state index in [-0.39, 0.29) is 5.97 Å². The fraction of sp³-hybridized carbons (Fsp3) is 0.133. The standard InChI is InChI=1S/C15H12O3S/c1-2-17-15(16)10-7-8-14-12(9-10)18-11-5-3-4-6-13(11)19-14/h3-9H,2H2,1H3. The van der Waals surface area contributed by atoms with Crippen LogP contribution >= 0.6 is 11.8 Å². The minimum atomic E-state index is -0.322. The molecule has 1 aliphatic rings. The van der Waals surface area contributed by atoms with Crippen LogP contribution in [-0.2, 0) is 4.74 Å². The van der Waals surface area contributed by atoms with Crippen molar-refractivity contribution in [1.29, 1.82) is 0 Å². The minimum absolute atomic E-state index is 0.322. The molecule has 0 N–H and O–H groups in total. The van der Waals surface area contributed by atoms with Crippen molar-refractivity contribution in [2.45, 2.75) is 16.7 Å². The first-order valence-electron chi connectivity index (χ1n) is 6.04. The third-order valence-corrected chi connectivity index (χ3v) is 3.86. The van der Waals surface area contributed by atoms with Gasteiger partial charge in [-0.25, -0.2) is 4.79 Å². The van der Waals surface area contributed by atoms with E-state index in [4.69, 9.17) is 9.47 Å². The maximum atomic E-state index is 11.7. The van der Waals surface area contributed by atoms with Gasteiger partial charge in [-0.1, -0.05) is 23.9 Å². The van der Waals surface area contributed by atoms with Crippen molar-refractivity contribution < 1.29 is 14.3 Å². The molecule has 1 aliphatic heterocycles. The van der Waals surface area contributed by atoms with Crippen molar-refractivity contribution in [2.75, 3.05) is 6.61 Å². The number of hydrogen-bond acceptors (Lipinski definition) is 4. The summed E-state index contributed by atoms with van der Waals surface area (Å²) in [6.07, 6.45) is 0. The van der Waals surface area contributed by atoms with Gasteiger partial charge in [0.25, 0.3) is 0 Å². The molecule has 0 aliphatic carbocycles. The molecule has 0 saturated carbocycles. The highest BCUT2D eigenvalue weighted by atomic mass is 32.2. The fourth-order valence-electron chi connectivity index (χ4n) is 1.87. The number of esters is 1. The van der Waals surface area contributed by atoms with Crippen molar-refractivity contribution in [2.24, 2.45) is 0 Å². The third kappa shape index (κ3) is 2.31. The predicted molar refractivity (Wildman–Crippen MR) is 73.0 cm³/mol. The number of rotatable bonds is 2. The van der Waals surface area contributed by atoms with Crippen LogP contribution in [-0.4, -0.2) is 12.6 Å². The van der Waals surface area contributed by atoms with Crippen LogP contribution in [0.25, 0.3) is 0 Å². The molecule has 1 heterocycles. The van der Waals surface area contributed by atoms with Crippen LogP contribution in [0.15, 0.2) is 52.3 Å². The molecule has 0 spiro atoms. The van der Waals surface area contributed by atoms with Gasteiger partial charge in [0.1, 0.15) is 11.5 Å². The average molecular weight is 272 g/mol. The summed E-state index contributed by atoms with van der Waals surface area (Å²) in [5.41, 5.74) is 0.514. The molecule has 19 heavy (non-hydrogen) atoms. The lowest BCUT2D eigenvalue weighted by molar-refractivity contribution is 0.0526. The van der Waals surface area contributed by atoms with Gasteiger partial charge in [0, 0.05) is 0 Å². The Bertz CT molecular complexity index is 637. The zero-order valence-corrected chi connectivity index (χ0v) is 11.2.